The minimum absolute atomic E-state index is 0.00688. The quantitative estimate of drug-likeness (QED) is 0.945. The number of hydrogen-bond acceptors (Lipinski definition) is 3. The Morgan fingerprint density at radius 1 is 1.41 bits per heavy atom. The van der Waals surface area contributed by atoms with Gasteiger partial charge in [-0.15, -0.1) is 0 Å². The number of hydrogen-bond donors (Lipinski definition) is 1. The molecule has 2 heterocycles. The van der Waals surface area contributed by atoms with Gasteiger partial charge in [-0.05, 0) is 44.4 Å². The summed E-state index contributed by atoms with van der Waals surface area (Å²) < 4.78 is 1.87. The number of aliphatic hydroxyl groups is 1. The summed E-state index contributed by atoms with van der Waals surface area (Å²) in [5.74, 6) is -0.00688. The highest BCUT2D eigenvalue weighted by Gasteiger charge is 2.30. The molecule has 5 nitrogen and oxygen atoms in total. The molecule has 1 fully saturated rings. The summed E-state index contributed by atoms with van der Waals surface area (Å²) in [6.45, 7) is 2.47. The number of aliphatic hydroxyl groups excluding tert-OH is 1. The molecule has 22 heavy (non-hydrogen) atoms. The van der Waals surface area contributed by atoms with Crippen molar-refractivity contribution in [2.75, 3.05) is 6.54 Å². The summed E-state index contributed by atoms with van der Waals surface area (Å²) in [5, 5.41) is 9.94. The van der Waals surface area contributed by atoms with Crippen molar-refractivity contribution in [2.45, 2.75) is 38.3 Å². The van der Waals surface area contributed by atoms with Crippen molar-refractivity contribution in [3.63, 3.8) is 0 Å². The summed E-state index contributed by atoms with van der Waals surface area (Å²) in [7, 11) is 0. The van der Waals surface area contributed by atoms with Crippen molar-refractivity contribution in [3.05, 3.63) is 48.5 Å². The molecule has 1 N–H and O–H groups in total. The van der Waals surface area contributed by atoms with Crippen LogP contribution >= 0.6 is 0 Å². The molecule has 2 atom stereocenters. The fourth-order valence-corrected chi connectivity index (χ4v) is 3.09. The van der Waals surface area contributed by atoms with E-state index in [2.05, 4.69) is 4.98 Å². The van der Waals surface area contributed by atoms with E-state index < -0.39 is 6.10 Å². The number of carbonyl (C=O) groups is 1. The largest absolute Gasteiger partial charge is 0.391 e. The third-order valence-electron chi connectivity index (χ3n) is 4.26. The lowest BCUT2D eigenvalue weighted by Crippen LogP contribution is -2.48. The Kier molecular flexibility index (Phi) is 4.24. The summed E-state index contributed by atoms with van der Waals surface area (Å²) in [4.78, 5) is 18.7. The number of piperidine rings is 1. The average molecular weight is 299 g/mol. The molecule has 0 saturated carbocycles. The topological polar surface area (TPSA) is 58.4 Å². The van der Waals surface area contributed by atoms with Crippen LogP contribution in [0.5, 0.6) is 0 Å². The Morgan fingerprint density at radius 2 is 2.27 bits per heavy atom. The van der Waals surface area contributed by atoms with Gasteiger partial charge in [-0.1, -0.05) is 6.07 Å². The fourth-order valence-electron chi connectivity index (χ4n) is 3.09. The van der Waals surface area contributed by atoms with Crippen molar-refractivity contribution >= 4 is 5.91 Å². The first-order valence-corrected chi connectivity index (χ1v) is 7.74. The lowest BCUT2D eigenvalue weighted by molar-refractivity contribution is 0.0281. The van der Waals surface area contributed by atoms with Crippen LogP contribution in [0.3, 0.4) is 0 Å². The van der Waals surface area contributed by atoms with Crippen molar-refractivity contribution in [2.24, 2.45) is 0 Å². The number of benzene rings is 1. The molecule has 0 spiro atoms. The molecule has 5 heteroatoms. The zero-order chi connectivity index (χ0) is 15.5. The van der Waals surface area contributed by atoms with E-state index in [1.807, 2.05) is 39.9 Å². The predicted octanol–water partition coefficient (Wildman–Crippen LogP) is 2.25. The van der Waals surface area contributed by atoms with Crippen LogP contribution < -0.4 is 0 Å². The highest BCUT2D eigenvalue weighted by molar-refractivity contribution is 5.95. The second-order valence-electron chi connectivity index (χ2n) is 5.82. The van der Waals surface area contributed by atoms with Gasteiger partial charge in [-0.2, -0.15) is 0 Å². The first-order chi connectivity index (χ1) is 10.7. The first kappa shape index (κ1) is 14.8. The Hall–Kier alpha value is -2.14. The standard InChI is InChI=1S/C17H21N3O2/c1-13(21)16-7-2-3-9-20(16)17(22)14-5-4-6-15(11-14)19-10-8-18-12-19/h4-6,8,10-13,16,21H,2-3,7,9H2,1H3. The Morgan fingerprint density at radius 3 is 3.00 bits per heavy atom. The van der Waals surface area contributed by atoms with Gasteiger partial charge in [0, 0.05) is 30.2 Å². The fraction of sp³-hybridized carbons (Fsp3) is 0.412. The maximum atomic E-state index is 12.8. The zero-order valence-corrected chi connectivity index (χ0v) is 12.7. The summed E-state index contributed by atoms with van der Waals surface area (Å²) in [5.41, 5.74) is 1.56. The molecule has 1 aliphatic rings. The highest BCUT2D eigenvalue weighted by atomic mass is 16.3. The van der Waals surface area contributed by atoms with E-state index in [0.717, 1.165) is 24.9 Å². The molecular formula is C17H21N3O2. The molecule has 1 aliphatic heterocycles. The lowest BCUT2D eigenvalue weighted by atomic mass is 9.97. The number of imidazole rings is 1. The van der Waals surface area contributed by atoms with Crippen LogP contribution in [0.4, 0.5) is 0 Å². The maximum Gasteiger partial charge on any atom is 0.254 e. The second-order valence-corrected chi connectivity index (χ2v) is 5.82. The number of nitrogens with zero attached hydrogens (tertiary/aromatic N) is 3. The van der Waals surface area contributed by atoms with Gasteiger partial charge in [0.25, 0.3) is 5.91 Å². The summed E-state index contributed by atoms with van der Waals surface area (Å²) >= 11 is 0. The van der Waals surface area contributed by atoms with E-state index in [-0.39, 0.29) is 11.9 Å². The molecule has 0 radical (unpaired) electrons. The van der Waals surface area contributed by atoms with Gasteiger partial charge >= 0.3 is 0 Å². The molecule has 1 aromatic heterocycles. The van der Waals surface area contributed by atoms with Crippen molar-refractivity contribution in [1.29, 1.82) is 0 Å². The smallest absolute Gasteiger partial charge is 0.254 e. The molecule has 0 bridgehead atoms. The van der Waals surface area contributed by atoms with Gasteiger partial charge in [-0.3, -0.25) is 4.79 Å². The van der Waals surface area contributed by atoms with Crippen LogP contribution in [0.25, 0.3) is 5.69 Å². The molecule has 1 aromatic carbocycles. The van der Waals surface area contributed by atoms with Crippen LogP contribution in [-0.4, -0.2) is 44.2 Å². The summed E-state index contributed by atoms with van der Waals surface area (Å²) in [6, 6.07) is 7.44. The molecule has 116 valence electrons. The lowest BCUT2D eigenvalue weighted by Gasteiger charge is -2.37. The van der Waals surface area contributed by atoms with Crippen molar-refractivity contribution in [1.82, 2.24) is 14.5 Å². The van der Waals surface area contributed by atoms with E-state index >= 15 is 0 Å². The van der Waals surface area contributed by atoms with Crippen LogP contribution in [0.15, 0.2) is 43.0 Å². The number of aromatic nitrogens is 2. The molecule has 3 rings (SSSR count). The van der Waals surface area contributed by atoms with Gasteiger partial charge in [0.1, 0.15) is 0 Å². The van der Waals surface area contributed by atoms with Crippen LogP contribution in [-0.2, 0) is 0 Å². The van der Waals surface area contributed by atoms with Crippen molar-refractivity contribution < 1.29 is 9.90 Å². The van der Waals surface area contributed by atoms with Gasteiger partial charge in [-0.25, -0.2) is 4.98 Å². The van der Waals surface area contributed by atoms with E-state index in [1.165, 1.54) is 0 Å². The Balaban J connectivity index is 1.86. The van der Waals surface area contributed by atoms with E-state index in [9.17, 15) is 9.90 Å². The highest BCUT2D eigenvalue weighted by Crippen LogP contribution is 2.23. The minimum atomic E-state index is -0.499. The third kappa shape index (κ3) is 2.90. The molecular weight excluding hydrogens is 278 g/mol. The van der Waals surface area contributed by atoms with Crippen LogP contribution in [0, 0.1) is 0 Å². The zero-order valence-electron chi connectivity index (χ0n) is 12.7. The van der Waals surface area contributed by atoms with Gasteiger partial charge in [0.2, 0.25) is 0 Å². The second kappa shape index (κ2) is 6.32. The first-order valence-electron chi connectivity index (χ1n) is 7.74. The molecule has 1 amide bonds. The van der Waals surface area contributed by atoms with Crippen LogP contribution in [0.1, 0.15) is 36.5 Å². The number of likely N-dealkylation sites (tertiary alicyclic amines) is 1. The number of amides is 1. The monoisotopic (exact) mass is 299 g/mol. The Bertz CT molecular complexity index is 637. The Labute approximate surface area is 130 Å². The van der Waals surface area contributed by atoms with E-state index in [1.54, 1.807) is 19.4 Å². The maximum absolute atomic E-state index is 12.8. The normalized spacial score (nSPS) is 19.9. The van der Waals surface area contributed by atoms with Gasteiger partial charge in [0.15, 0.2) is 0 Å². The van der Waals surface area contributed by atoms with Gasteiger partial charge in [0.05, 0.1) is 18.5 Å². The SMILES string of the molecule is CC(O)C1CCCCN1C(=O)c1cccc(-n2ccnc2)c1. The molecule has 1 saturated heterocycles. The van der Waals surface area contributed by atoms with Crippen molar-refractivity contribution in [3.8, 4) is 5.69 Å². The molecule has 2 aromatic rings. The predicted molar refractivity (Wildman–Crippen MR) is 83.9 cm³/mol. The van der Waals surface area contributed by atoms with E-state index in [4.69, 9.17) is 0 Å². The molecule has 0 aliphatic carbocycles. The van der Waals surface area contributed by atoms with E-state index in [0.29, 0.717) is 12.1 Å². The third-order valence-corrected chi connectivity index (χ3v) is 4.26. The molecule has 2 unspecified atom stereocenters. The number of rotatable bonds is 3. The summed E-state index contributed by atoms with van der Waals surface area (Å²) in [6.07, 6.45) is 7.70. The van der Waals surface area contributed by atoms with Crippen LogP contribution in [0.2, 0.25) is 0 Å². The van der Waals surface area contributed by atoms with Gasteiger partial charge < -0.3 is 14.6 Å². The average Bonchev–Trinajstić information content (AvgIpc) is 3.09. The number of carbonyl (C=O) groups excluding carboxylic acids is 1. The minimum Gasteiger partial charge on any atom is -0.391 e.